The van der Waals surface area contributed by atoms with Gasteiger partial charge in [-0.15, -0.1) is 0 Å². The van der Waals surface area contributed by atoms with Crippen molar-refractivity contribution in [2.75, 3.05) is 0 Å². The summed E-state index contributed by atoms with van der Waals surface area (Å²) in [6.07, 6.45) is 2.15. The second-order valence-electron chi connectivity index (χ2n) is 3.87. The molecule has 0 spiro atoms. The van der Waals surface area contributed by atoms with E-state index >= 15 is 0 Å². The van der Waals surface area contributed by atoms with Gasteiger partial charge in [-0.3, -0.25) is 0 Å². The Kier molecular flexibility index (Phi) is 2.22. The molecule has 0 unspecified atom stereocenters. The van der Waals surface area contributed by atoms with E-state index in [1.54, 1.807) is 0 Å². The Morgan fingerprint density at radius 1 is 0.812 bits per heavy atom. The molecule has 0 aliphatic rings. The van der Waals surface area contributed by atoms with Crippen LogP contribution in [-0.2, 0) is 0 Å². The van der Waals surface area contributed by atoms with Gasteiger partial charge in [-0.1, -0.05) is 48.5 Å². The molecule has 77 valence electrons. The smallest absolute Gasteiger partial charge is 0.0456 e. The fraction of sp³-hybridized carbons (Fsp3) is 0. The van der Waals surface area contributed by atoms with Crippen LogP contribution >= 0.6 is 0 Å². The molecule has 1 heteroatoms. The number of fused-ring (bicyclic) bond motifs is 1. The van der Waals surface area contributed by atoms with Crippen LogP contribution in [0.4, 0.5) is 0 Å². The quantitative estimate of drug-likeness (QED) is 0.657. The minimum Gasteiger partial charge on any atom is -0.358 e. The lowest BCUT2D eigenvalue weighted by molar-refractivity contribution is 1.31. The predicted octanol–water partition coefficient (Wildman–Crippen LogP) is 3.77. The molecule has 0 fully saturated rings. The van der Waals surface area contributed by atoms with Gasteiger partial charge in [0.25, 0.3) is 0 Å². The summed E-state index contributed by atoms with van der Waals surface area (Å²) in [6, 6.07) is 20.8. The van der Waals surface area contributed by atoms with Crippen LogP contribution in [0.5, 0.6) is 0 Å². The lowest BCUT2D eigenvalue weighted by Crippen LogP contribution is -1.83. The van der Waals surface area contributed by atoms with Crippen LogP contribution in [0.25, 0.3) is 10.9 Å². The number of benzene rings is 2. The molecule has 0 saturated carbocycles. The van der Waals surface area contributed by atoms with E-state index in [1.165, 1.54) is 16.5 Å². The number of para-hydroxylation sites is 1. The van der Waals surface area contributed by atoms with E-state index in [2.05, 4.69) is 59.9 Å². The third-order valence-corrected chi connectivity index (χ3v) is 2.67. The molecule has 16 heavy (non-hydrogen) atoms. The number of H-pyrrole nitrogens is 1. The zero-order valence-electron chi connectivity index (χ0n) is 8.85. The highest BCUT2D eigenvalue weighted by Crippen LogP contribution is 2.18. The molecule has 0 saturated heterocycles. The molecule has 1 heterocycles. The van der Waals surface area contributed by atoms with Crippen LogP contribution < -0.4 is 0 Å². The normalized spacial score (nSPS) is 10.8. The first-order valence-electron chi connectivity index (χ1n) is 5.39. The maximum atomic E-state index is 3.39. The Bertz CT molecular complexity index is 560. The largest absolute Gasteiger partial charge is 0.358 e. The summed E-state index contributed by atoms with van der Waals surface area (Å²) in [5.41, 5.74) is 3.55. The Morgan fingerprint density at radius 2 is 1.56 bits per heavy atom. The molecule has 1 aromatic heterocycles. The first kappa shape index (κ1) is 9.22. The minimum absolute atomic E-state index is 1.15. The van der Waals surface area contributed by atoms with Crippen LogP contribution in [0.3, 0.4) is 0 Å². The number of hydrogen-bond acceptors (Lipinski definition) is 0. The molecule has 2 aromatic carbocycles. The summed E-state index contributed by atoms with van der Waals surface area (Å²) in [4.78, 5) is 3.39. The second-order valence-corrected chi connectivity index (χ2v) is 3.87. The molecule has 1 nitrogen and oxygen atoms in total. The van der Waals surface area contributed by atoms with Crippen molar-refractivity contribution in [2.24, 2.45) is 0 Å². The van der Waals surface area contributed by atoms with Gasteiger partial charge >= 0.3 is 0 Å². The molecular weight excluding hydrogens is 194 g/mol. The topological polar surface area (TPSA) is 15.8 Å². The van der Waals surface area contributed by atoms with E-state index < -0.39 is 0 Å². The highest BCUT2D eigenvalue weighted by Gasteiger charge is 2.00. The Morgan fingerprint density at radius 3 is 2.38 bits per heavy atom. The summed E-state index contributed by atoms with van der Waals surface area (Å²) < 4.78 is 0. The first-order valence-corrected chi connectivity index (χ1v) is 5.39. The van der Waals surface area contributed by atoms with Gasteiger partial charge in [0, 0.05) is 17.6 Å². The van der Waals surface area contributed by atoms with E-state index in [0.717, 1.165) is 5.69 Å². The maximum absolute atomic E-state index is 3.39. The highest BCUT2D eigenvalue weighted by atomic mass is 14.7. The van der Waals surface area contributed by atoms with E-state index in [1.807, 2.05) is 12.1 Å². The van der Waals surface area contributed by atoms with Gasteiger partial charge < -0.3 is 4.98 Å². The predicted molar refractivity (Wildman–Crippen MR) is 67.2 cm³/mol. The van der Waals surface area contributed by atoms with E-state index in [9.17, 15) is 0 Å². The lowest BCUT2D eigenvalue weighted by Gasteiger charge is -1.96. The van der Waals surface area contributed by atoms with Crippen molar-refractivity contribution in [2.45, 2.75) is 0 Å². The fourth-order valence-corrected chi connectivity index (χ4v) is 1.90. The Hall–Kier alpha value is -2.02. The van der Waals surface area contributed by atoms with Gasteiger partial charge in [-0.05, 0) is 23.1 Å². The lowest BCUT2D eigenvalue weighted by atomic mass is 10.1. The summed E-state index contributed by atoms with van der Waals surface area (Å²) in [5, 5.41) is 1.25. The van der Waals surface area contributed by atoms with E-state index in [0.29, 0.717) is 0 Å². The van der Waals surface area contributed by atoms with Crippen LogP contribution in [0.15, 0.2) is 60.7 Å². The minimum atomic E-state index is 1.15. The molecule has 3 rings (SSSR count). The molecule has 0 aliphatic carbocycles. The monoisotopic (exact) mass is 206 g/mol. The van der Waals surface area contributed by atoms with Crippen molar-refractivity contribution in [3.8, 4) is 0 Å². The SMILES string of the molecule is [CH](c1ccccc1)c1cc2ccccc2[nH]1. The van der Waals surface area contributed by atoms with Gasteiger partial charge in [0.15, 0.2) is 0 Å². The van der Waals surface area contributed by atoms with Crippen LogP contribution in [-0.4, -0.2) is 4.98 Å². The second kappa shape index (κ2) is 3.86. The van der Waals surface area contributed by atoms with Gasteiger partial charge in [-0.25, -0.2) is 0 Å². The summed E-state index contributed by atoms with van der Waals surface area (Å²) in [7, 11) is 0. The van der Waals surface area contributed by atoms with Crippen molar-refractivity contribution >= 4 is 10.9 Å². The highest BCUT2D eigenvalue weighted by molar-refractivity contribution is 5.80. The number of nitrogens with one attached hydrogen (secondary N) is 1. The van der Waals surface area contributed by atoms with Gasteiger partial charge in [0.05, 0.1) is 0 Å². The zero-order chi connectivity index (χ0) is 10.8. The maximum Gasteiger partial charge on any atom is 0.0456 e. The standard InChI is InChI=1S/C15H12N/c1-2-6-12(7-3-1)10-14-11-13-8-4-5-9-15(13)16-14/h1-11,16H. The van der Waals surface area contributed by atoms with Crippen molar-refractivity contribution in [1.82, 2.24) is 4.98 Å². The van der Waals surface area contributed by atoms with Crippen molar-refractivity contribution in [1.29, 1.82) is 0 Å². The van der Waals surface area contributed by atoms with Crippen molar-refractivity contribution in [3.63, 3.8) is 0 Å². The Balaban J connectivity index is 1.95. The number of rotatable bonds is 2. The number of hydrogen-bond donors (Lipinski definition) is 1. The average Bonchev–Trinajstić information content (AvgIpc) is 2.72. The third kappa shape index (κ3) is 1.72. The third-order valence-electron chi connectivity index (χ3n) is 2.67. The van der Waals surface area contributed by atoms with Crippen molar-refractivity contribution < 1.29 is 0 Å². The Labute approximate surface area is 94.7 Å². The molecule has 1 radical (unpaired) electrons. The number of aromatic amines is 1. The molecule has 0 bridgehead atoms. The van der Waals surface area contributed by atoms with Gasteiger partial charge in [0.1, 0.15) is 0 Å². The molecule has 0 aliphatic heterocycles. The zero-order valence-corrected chi connectivity index (χ0v) is 8.85. The summed E-state index contributed by atoms with van der Waals surface area (Å²) >= 11 is 0. The summed E-state index contributed by atoms with van der Waals surface area (Å²) in [5.74, 6) is 0. The molecule has 0 amide bonds. The van der Waals surface area contributed by atoms with Crippen LogP contribution in [0.1, 0.15) is 11.3 Å². The first-order chi connectivity index (χ1) is 7.92. The fourth-order valence-electron chi connectivity index (χ4n) is 1.90. The van der Waals surface area contributed by atoms with Gasteiger partial charge in [-0.2, -0.15) is 0 Å². The molecule has 1 N–H and O–H groups in total. The van der Waals surface area contributed by atoms with Crippen molar-refractivity contribution in [3.05, 3.63) is 78.3 Å². The summed E-state index contributed by atoms with van der Waals surface area (Å²) in [6.45, 7) is 0. The average molecular weight is 206 g/mol. The van der Waals surface area contributed by atoms with Crippen LogP contribution in [0, 0.1) is 6.42 Å². The molecular formula is C15H12N. The van der Waals surface area contributed by atoms with E-state index in [4.69, 9.17) is 0 Å². The van der Waals surface area contributed by atoms with E-state index in [-0.39, 0.29) is 0 Å². The molecule has 3 aromatic rings. The van der Waals surface area contributed by atoms with Crippen LogP contribution in [0.2, 0.25) is 0 Å². The van der Waals surface area contributed by atoms with Gasteiger partial charge in [0.2, 0.25) is 0 Å². The molecule has 0 atom stereocenters. The number of aromatic nitrogens is 1.